The molecule has 1 rings (SSSR count). The Morgan fingerprint density at radius 2 is 2.15 bits per heavy atom. The summed E-state index contributed by atoms with van der Waals surface area (Å²) in [6, 6.07) is 1.46. The van der Waals surface area contributed by atoms with Crippen LogP contribution in [0.1, 0.15) is 15.9 Å². The Morgan fingerprint density at radius 3 is 2.62 bits per heavy atom. The number of hydrogen-bond donors (Lipinski definition) is 2. The van der Waals surface area contributed by atoms with Crippen molar-refractivity contribution in [3.05, 3.63) is 27.5 Å². The second-order valence-corrected chi connectivity index (χ2v) is 2.80. The summed E-state index contributed by atoms with van der Waals surface area (Å²) in [5, 5.41) is 8.71. The van der Waals surface area contributed by atoms with E-state index in [4.69, 9.17) is 10.8 Å². The van der Waals surface area contributed by atoms with Crippen molar-refractivity contribution >= 4 is 11.8 Å². The second kappa shape index (κ2) is 2.93. The van der Waals surface area contributed by atoms with E-state index in [2.05, 4.69) is 0 Å². The van der Waals surface area contributed by atoms with Crippen molar-refractivity contribution in [1.29, 1.82) is 0 Å². The molecule has 0 aliphatic heterocycles. The normalized spacial score (nSPS) is 10.0. The SMILES string of the molecule is Cc1cc(N)n(C)c(=O)c1C(=O)O. The van der Waals surface area contributed by atoms with E-state index in [1.165, 1.54) is 13.1 Å². The number of nitrogen functional groups attached to an aromatic ring is 1. The van der Waals surface area contributed by atoms with E-state index < -0.39 is 11.5 Å². The summed E-state index contributed by atoms with van der Waals surface area (Å²) in [5.41, 5.74) is 5.04. The van der Waals surface area contributed by atoms with Gasteiger partial charge in [0.15, 0.2) is 0 Å². The van der Waals surface area contributed by atoms with Crippen LogP contribution < -0.4 is 11.3 Å². The van der Waals surface area contributed by atoms with Crippen molar-refractivity contribution in [2.24, 2.45) is 7.05 Å². The molecule has 3 N–H and O–H groups in total. The quantitative estimate of drug-likeness (QED) is 0.638. The molecule has 0 aliphatic carbocycles. The van der Waals surface area contributed by atoms with E-state index in [0.717, 1.165) is 4.57 Å². The number of aryl methyl sites for hydroxylation is 1. The number of pyridine rings is 1. The fraction of sp³-hybridized carbons (Fsp3) is 0.250. The van der Waals surface area contributed by atoms with Crippen LogP contribution in [0.3, 0.4) is 0 Å². The summed E-state index contributed by atoms with van der Waals surface area (Å²) in [7, 11) is 1.43. The molecule has 13 heavy (non-hydrogen) atoms. The maximum absolute atomic E-state index is 11.4. The van der Waals surface area contributed by atoms with Gasteiger partial charge in [-0.1, -0.05) is 0 Å². The topological polar surface area (TPSA) is 85.3 Å². The summed E-state index contributed by atoms with van der Waals surface area (Å²) in [6.45, 7) is 1.54. The average molecular weight is 182 g/mol. The predicted octanol–water partition coefficient (Wildman–Crippen LogP) is -0.0259. The minimum Gasteiger partial charge on any atom is -0.477 e. The minimum atomic E-state index is -1.22. The molecule has 0 fully saturated rings. The number of nitrogens with zero attached hydrogens (tertiary/aromatic N) is 1. The molecule has 0 atom stereocenters. The molecule has 0 spiro atoms. The van der Waals surface area contributed by atoms with E-state index in [0.29, 0.717) is 5.56 Å². The van der Waals surface area contributed by atoms with Gasteiger partial charge in [-0.3, -0.25) is 9.36 Å². The molecule has 0 amide bonds. The Bertz CT molecular complexity index is 420. The van der Waals surface area contributed by atoms with Gasteiger partial charge in [-0.05, 0) is 18.6 Å². The molecule has 1 heterocycles. The third-order valence-corrected chi connectivity index (χ3v) is 1.88. The Morgan fingerprint density at radius 1 is 1.62 bits per heavy atom. The molecule has 70 valence electrons. The number of aromatic nitrogens is 1. The van der Waals surface area contributed by atoms with Crippen molar-refractivity contribution in [3.8, 4) is 0 Å². The third kappa shape index (κ3) is 1.40. The Labute approximate surface area is 74.4 Å². The lowest BCUT2D eigenvalue weighted by Gasteiger charge is -2.06. The molecule has 0 radical (unpaired) electrons. The van der Waals surface area contributed by atoms with Crippen LogP contribution in [0.15, 0.2) is 10.9 Å². The van der Waals surface area contributed by atoms with Crippen molar-refractivity contribution in [3.63, 3.8) is 0 Å². The molecule has 1 aromatic rings. The van der Waals surface area contributed by atoms with Crippen LogP contribution in [0.2, 0.25) is 0 Å². The molecule has 5 heteroatoms. The average Bonchev–Trinajstić information content (AvgIpc) is 1.99. The fourth-order valence-electron chi connectivity index (χ4n) is 1.10. The number of carboxylic acids is 1. The van der Waals surface area contributed by atoms with Crippen LogP contribution in [-0.2, 0) is 7.05 Å². The van der Waals surface area contributed by atoms with E-state index in [9.17, 15) is 9.59 Å². The summed E-state index contributed by atoms with van der Waals surface area (Å²) < 4.78 is 1.11. The van der Waals surface area contributed by atoms with Gasteiger partial charge in [0.1, 0.15) is 11.4 Å². The molecular weight excluding hydrogens is 172 g/mol. The lowest BCUT2D eigenvalue weighted by atomic mass is 10.1. The first-order valence-electron chi connectivity index (χ1n) is 3.64. The predicted molar refractivity (Wildman–Crippen MR) is 47.8 cm³/mol. The maximum atomic E-state index is 11.4. The van der Waals surface area contributed by atoms with Crippen LogP contribution >= 0.6 is 0 Å². The van der Waals surface area contributed by atoms with Crippen molar-refractivity contribution in [2.45, 2.75) is 6.92 Å². The Kier molecular flexibility index (Phi) is 2.10. The van der Waals surface area contributed by atoms with Crippen molar-refractivity contribution < 1.29 is 9.90 Å². The summed E-state index contributed by atoms with van der Waals surface area (Å²) in [4.78, 5) is 22.0. The van der Waals surface area contributed by atoms with E-state index in [1.807, 2.05) is 0 Å². The molecule has 0 aromatic carbocycles. The highest BCUT2D eigenvalue weighted by Crippen LogP contribution is 2.06. The number of nitrogens with two attached hydrogens (primary N) is 1. The van der Waals surface area contributed by atoms with E-state index in [-0.39, 0.29) is 11.4 Å². The molecule has 0 bridgehead atoms. The highest BCUT2D eigenvalue weighted by Gasteiger charge is 2.14. The Hall–Kier alpha value is -1.78. The monoisotopic (exact) mass is 182 g/mol. The zero-order valence-corrected chi connectivity index (χ0v) is 7.37. The van der Waals surface area contributed by atoms with Gasteiger partial charge < -0.3 is 10.8 Å². The standard InChI is InChI=1S/C8H10N2O3/c1-4-3-5(9)10(2)7(11)6(4)8(12)13/h3H,9H2,1-2H3,(H,12,13). The van der Waals surface area contributed by atoms with Gasteiger partial charge in [-0.2, -0.15) is 0 Å². The molecule has 0 saturated carbocycles. The number of rotatable bonds is 1. The van der Waals surface area contributed by atoms with Gasteiger partial charge >= 0.3 is 5.97 Å². The third-order valence-electron chi connectivity index (χ3n) is 1.88. The Balaban J connectivity index is 3.63. The summed E-state index contributed by atoms with van der Waals surface area (Å²) in [5.74, 6) is -0.967. The fourth-order valence-corrected chi connectivity index (χ4v) is 1.10. The second-order valence-electron chi connectivity index (χ2n) is 2.80. The number of hydrogen-bond acceptors (Lipinski definition) is 3. The van der Waals surface area contributed by atoms with Crippen LogP contribution in [-0.4, -0.2) is 15.6 Å². The van der Waals surface area contributed by atoms with Crippen molar-refractivity contribution in [1.82, 2.24) is 4.57 Å². The highest BCUT2D eigenvalue weighted by atomic mass is 16.4. The number of carboxylic acid groups (broad SMARTS) is 1. The molecule has 0 unspecified atom stereocenters. The lowest BCUT2D eigenvalue weighted by molar-refractivity contribution is 0.0693. The number of aromatic carboxylic acids is 1. The summed E-state index contributed by atoms with van der Waals surface area (Å²) in [6.07, 6.45) is 0. The molecule has 5 nitrogen and oxygen atoms in total. The first kappa shape index (κ1) is 9.31. The van der Waals surface area contributed by atoms with Gasteiger partial charge in [0.25, 0.3) is 5.56 Å². The number of anilines is 1. The van der Waals surface area contributed by atoms with Gasteiger partial charge in [0.2, 0.25) is 0 Å². The first-order valence-corrected chi connectivity index (χ1v) is 3.64. The molecule has 0 saturated heterocycles. The smallest absolute Gasteiger partial charge is 0.341 e. The molecule has 0 aliphatic rings. The van der Waals surface area contributed by atoms with Gasteiger partial charge in [-0.25, -0.2) is 4.79 Å². The zero-order chi connectivity index (χ0) is 10.2. The minimum absolute atomic E-state index is 0.225. The number of carbonyl (C=O) groups is 1. The molecular formula is C8H10N2O3. The van der Waals surface area contributed by atoms with Gasteiger partial charge in [-0.15, -0.1) is 0 Å². The maximum Gasteiger partial charge on any atom is 0.341 e. The molecule has 1 aromatic heterocycles. The van der Waals surface area contributed by atoms with Crippen LogP contribution in [0.5, 0.6) is 0 Å². The summed E-state index contributed by atoms with van der Waals surface area (Å²) >= 11 is 0. The van der Waals surface area contributed by atoms with Gasteiger partial charge in [0, 0.05) is 7.05 Å². The van der Waals surface area contributed by atoms with Crippen LogP contribution in [0.4, 0.5) is 5.82 Å². The van der Waals surface area contributed by atoms with Crippen LogP contribution in [0, 0.1) is 6.92 Å². The van der Waals surface area contributed by atoms with Crippen LogP contribution in [0.25, 0.3) is 0 Å². The largest absolute Gasteiger partial charge is 0.477 e. The van der Waals surface area contributed by atoms with Gasteiger partial charge in [0.05, 0.1) is 0 Å². The lowest BCUT2D eigenvalue weighted by Crippen LogP contribution is -2.27. The van der Waals surface area contributed by atoms with Crippen molar-refractivity contribution in [2.75, 3.05) is 5.73 Å². The van der Waals surface area contributed by atoms with E-state index >= 15 is 0 Å². The zero-order valence-electron chi connectivity index (χ0n) is 7.37. The highest BCUT2D eigenvalue weighted by molar-refractivity contribution is 5.89. The van der Waals surface area contributed by atoms with E-state index in [1.54, 1.807) is 6.92 Å². The first-order chi connectivity index (χ1) is 5.95.